The lowest BCUT2D eigenvalue weighted by Gasteiger charge is -2.46. The average Bonchev–Trinajstić information content (AvgIpc) is 0.791. The van der Waals surface area contributed by atoms with Gasteiger partial charge in [0, 0.05) is 6.42 Å². The third-order valence-corrected chi connectivity index (χ3v) is 21.0. The summed E-state index contributed by atoms with van der Waals surface area (Å²) in [4.78, 5) is 13.4. The molecule has 9 N–H and O–H groups in total. The van der Waals surface area contributed by atoms with E-state index in [4.69, 9.17) is 18.9 Å². The number of carbonyl (C=O) groups excluding carboxylic acids is 1. The van der Waals surface area contributed by atoms with Crippen molar-refractivity contribution in [1.82, 2.24) is 5.32 Å². The lowest BCUT2D eigenvalue weighted by atomic mass is 9.97. The highest BCUT2D eigenvalue weighted by molar-refractivity contribution is 5.76. The number of hydrogen-bond acceptors (Lipinski definition) is 13. The van der Waals surface area contributed by atoms with Crippen LogP contribution in [0.2, 0.25) is 0 Å². The number of allylic oxidation sites excluding steroid dienone is 7. The Labute approximate surface area is 614 Å². The number of hydrogen-bond donors (Lipinski definition) is 9. The summed E-state index contributed by atoms with van der Waals surface area (Å²) in [5.74, 6) is -0.245. The van der Waals surface area contributed by atoms with Crippen molar-refractivity contribution in [2.75, 3.05) is 19.8 Å². The molecule has 12 unspecified atom stereocenters. The Balaban J connectivity index is 1.60. The van der Waals surface area contributed by atoms with Crippen LogP contribution in [-0.4, -0.2) is 140 Å². The molecule has 14 heteroatoms. The van der Waals surface area contributed by atoms with Crippen molar-refractivity contribution < 1.29 is 64.6 Å². The molecule has 14 nitrogen and oxygen atoms in total. The summed E-state index contributed by atoms with van der Waals surface area (Å²) >= 11 is 0. The van der Waals surface area contributed by atoms with Crippen LogP contribution < -0.4 is 5.32 Å². The lowest BCUT2D eigenvalue weighted by molar-refractivity contribution is -0.359. The second kappa shape index (κ2) is 70.0. The third-order valence-electron chi connectivity index (χ3n) is 21.0. The number of nitrogens with one attached hydrogen (secondary N) is 1. The summed E-state index contributed by atoms with van der Waals surface area (Å²) in [5, 5.41) is 87.7. The molecule has 2 aliphatic rings. The van der Waals surface area contributed by atoms with Crippen LogP contribution in [0.15, 0.2) is 48.6 Å². The second-order valence-corrected chi connectivity index (χ2v) is 30.3. The zero-order valence-corrected chi connectivity index (χ0v) is 64.7. The molecular formula is C86H161NO13. The fourth-order valence-electron chi connectivity index (χ4n) is 14.2. The van der Waals surface area contributed by atoms with Crippen molar-refractivity contribution in [2.45, 2.75) is 473 Å². The second-order valence-electron chi connectivity index (χ2n) is 30.3. The van der Waals surface area contributed by atoms with Gasteiger partial charge >= 0.3 is 0 Å². The van der Waals surface area contributed by atoms with Crippen LogP contribution in [0.25, 0.3) is 0 Å². The summed E-state index contributed by atoms with van der Waals surface area (Å²) < 4.78 is 22.9. The number of ether oxygens (including phenoxy) is 4. The maximum atomic E-state index is 13.4. The number of aliphatic hydroxyl groups is 8. The minimum atomic E-state index is -1.79. The SMILES string of the molecule is CCCCCCCCCC/C=C\CCCCCCCCCCCCCCCCCCCCCCCCCCCC(=O)NC(COC1OC(CO)C(OC2OC(CO)C(O)C(O)C2O)C(O)C1O)C(O)/C=C/CC/C=C/CC/C=C/CCCCCCCCCCCCCCCCCCCCC. The topological polar surface area (TPSA) is 228 Å². The molecule has 2 heterocycles. The van der Waals surface area contributed by atoms with Gasteiger partial charge in [0.1, 0.15) is 48.8 Å². The highest BCUT2D eigenvalue weighted by Crippen LogP contribution is 2.30. The molecule has 0 radical (unpaired) electrons. The number of carbonyl (C=O) groups is 1. The molecule has 1 amide bonds. The van der Waals surface area contributed by atoms with E-state index in [1.807, 2.05) is 6.08 Å². The van der Waals surface area contributed by atoms with Gasteiger partial charge < -0.3 is 65.1 Å². The van der Waals surface area contributed by atoms with Crippen molar-refractivity contribution in [3.8, 4) is 0 Å². The molecule has 0 aromatic rings. The molecule has 0 saturated carbocycles. The molecule has 0 aromatic carbocycles. The molecule has 2 fully saturated rings. The first-order valence-electron chi connectivity index (χ1n) is 42.9. The van der Waals surface area contributed by atoms with Crippen LogP contribution in [0.1, 0.15) is 399 Å². The van der Waals surface area contributed by atoms with E-state index >= 15 is 0 Å². The van der Waals surface area contributed by atoms with Gasteiger partial charge in [0.05, 0.1) is 32.0 Å². The van der Waals surface area contributed by atoms with Crippen molar-refractivity contribution in [3.63, 3.8) is 0 Å². The van der Waals surface area contributed by atoms with Crippen molar-refractivity contribution in [2.24, 2.45) is 0 Å². The van der Waals surface area contributed by atoms with Crippen LogP contribution in [0.5, 0.6) is 0 Å². The minimum absolute atomic E-state index is 0.245. The van der Waals surface area contributed by atoms with E-state index in [0.29, 0.717) is 12.8 Å². The smallest absolute Gasteiger partial charge is 0.220 e. The summed E-state index contributed by atoms with van der Waals surface area (Å²) in [7, 11) is 0. The normalized spacial score (nSPS) is 22.0. The van der Waals surface area contributed by atoms with Crippen molar-refractivity contribution in [1.29, 1.82) is 0 Å². The fourth-order valence-corrected chi connectivity index (χ4v) is 14.2. The van der Waals surface area contributed by atoms with Crippen LogP contribution in [0.3, 0.4) is 0 Å². The zero-order valence-electron chi connectivity index (χ0n) is 64.7. The lowest BCUT2D eigenvalue weighted by Crippen LogP contribution is -2.65. The Morgan fingerprint density at radius 1 is 0.350 bits per heavy atom. The predicted octanol–water partition coefficient (Wildman–Crippen LogP) is 20.1. The largest absolute Gasteiger partial charge is 0.394 e. The Kier molecular flexibility index (Phi) is 65.8. The molecule has 12 atom stereocenters. The molecule has 588 valence electrons. The standard InChI is InChI=1S/C86H161NO13/c1-3-5-7-9-11-13-15-17-19-21-23-25-27-29-31-33-34-35-36-37-38-39-40-42-44-46-48-50-52-54-56-58-60-62-64-66-68-70-78(91)87-74(73-97-85-83(96)81(94)84(77(72-89)99-85)100-86-82(95)80(93)79(92)76(71-88)98-86)75(90)69-67-65-63-61-59-57-55-53-51-49-47-45-43-41-32-30-28-26-24-22-20-18-16-14-12-10-8-6-4-2/h21,23,51,53,59,61,67,69,74-77,79-86,88-90,92-96H,3-20,22,24-50,52,54-58,60,62-66,68,70-73H2,1-2H3,(H,87,91)/b23-21-,53-51+,61-59+,69-67+. The first-order valence-corrected chi connectivity index (χ1v) is 42.9. The molecule has 0 spiro atoms. The zero-order chi connectivity index (χ0) is 72.2. The Morgan fingerprint density at radius 3 is 0.980 bits per heavy atom. The van der Waals surface area contributed by atoms with Crippen LogP contribution in [0.4, 0.5) is 0 Å². The molecule has 2 rings (SSSR count). The van der Waals surface area contributed by atoms with Gasteiger partial charge in [0.25, 0.3) is 0 Å². The fraction of sp³-hybridized carbons (Fsp3) is 0.895. The number of aliphatic hydroxyl groups excluding tert-OH is 8. The van der Waals surface area contributed by atoms with E-state index in [9.17, 15) is 45.6 Å². The van der Waals surface area contributed by atoms with Crippen LogP contribution in [0, 0.1) is 0 Å². The van der Waals surface area contributed by atoms with Gasteiger partial charge in [-0.3, -0.25) is 4.79 Å². The summed E-state index contributed by atoms with van der Waals surface area (Å²) in [6.45, 7) is 2.84. The van der Waals surface area contributed by atoms with E-state index in [0.717, 1.165) is 44.9 Å². The minimum Gasteiger partial charge on any atom is -0.394 e. The Bertz CT molecular complexity index is 1870. The van der Waals surface area contributed by atoms with Crippen LogP contribution in [-0.2, 0) is 23.7 Å². The van der Waals surface area contributed by atoms with E-state index in [2.05, 4.69) is 55.6 Å². The molecule has 2 aliphatic heterocycles. The number of amides is 1. The van der Waals surface area contributed by atoms with Crippen molar-refractivity contribution in [3.05, 3.63) is 48.6 Å². The van der Waals surface area contributed by atoms with Gasteiger partial charge in [-0.1, -0.05) is 371 Å². The average molecular weight is 1420 g/mol. The molecular weight excluding hydrogens is 1250 g/mol. The van der Waals surface area contributed by atoms with Gasteiger partial charge in [-0.15, -0.1) is 0 Å². The van der Waals surface area contributed by atoms with E-state index in [-0.39, 0.29) is 18.9 Å². The van der Waals surface area contributed by atoms with Gasteiger partial charge in [-0.05, 0) is 70.6 Å². The molecule has 0 bridgehead atoms. The maximum absolute atomic E-state index is 13.4. The highest BCUT2D eigenvalue weighted by Gasteiger charge is 2.51. The summed E-state index contributed by atoms with van der Waals surface area (Å²) in [5.41, 5.74) is 0. The quantitative estimate of drug-likeness (QED) is 0.0204. The van der Waals surface area contributed by atoms with E-state index in [1.165, 1.54) is 321 Å². The van der Waals surface area contributed by atoms with Gasteiger partial charge in [0.2, 0.25) is 5.91 Å². The molecule has 100 heavy (non-hydrogen) atoms. The van der Waals surface area contributed by atoms with E-state index in [1.54, 1.807) is 6.08 Å². The molecule has 0 aliphatic carbocycles. The van der Waals surface area contributed by atoms with Gasteiger partial charge in [-0.25, -0.2) is 0 Å². The summed E-state index contributed by atoms with van der Waals surface area (Å²) in [6.07, 6.45) is 78.0. The van der Waals surface area contributed by atoms with E-state index < -0.39 is 86.8 Å². The first-order chi connectivity index (χ1) is 49.1. The third kappa shape index (κ3) is 52.0. The van der Waals surface area contributed by atoms with Crippen LogP contribution >= 0.6 is 0 Å². The highest BCUT2D eigenvalue weighted by atomic mass is 16.7. The monoisotopic (exact) mass is 1420 g/mol. The van der Waals surface area contributed by atoms with Gasteiger partial charge in [0.15, 0.2) is 12.6 Å². The Hall–Kier alpha value is -2.05. The maximum Gasteiger partial charge on any atom is 0.220 e. The molecule has 0 aromatic heterocycles. The Morgan fingerprint density at radius 2 is 0.640 bits per heavy atom. The first kappa shape index (κ1) is 94.0. The van der Waals surface area contributed by atoms with Crippen molar-refractivity contribution >= 4 is 5.91 Å². The molecule has 2 saturated heterocycles. The number of unbranched alkanes of at least 4 members (excludes halogenated alkanes) is 54. The summed E-state index contributed by atoms with van der Waals surface area (Å²) in [6, 6.07) is -0.940. The predicted molar refractivity (Wildman–Crippen MR) is 415 cm³/mol. The van der Waals surface area contributed by atoms with Gasteiger partial charge in [-0.2, -0.15) is 0 Å². The number of rotatable bonds is 73.